The second kappa shape index (κ2) is 5.69. The Morgan fingerprint density at radius 3 is 2.85 bits per heavy atom. The number of methoxy groups -OCH3 is 1. The Morgan fingerprint density at radius 1 is 1.23 bits per heavy atom. The SMILES string of the molecule is COc1ccc(-c2cc(N3C[C@@H]4CNC(=O)[C@@H]4C3)c3nncn3n2)cc1. The summed E-state index contributed by atoms with van der Waals surface area (Å²) in [5, 5.41) is 15.8. The summed E-state index contributed by atoms with van der Waals surface area (Å²) in [5.74, 6) is 1.36. The average molecular weight is 350 g/mol. The lowest BCUT2D eigenvalue weighted by atomic mass is 10.0. The molecule has 0 bridgehead atoms. The van der Waals surface area contributed by atoms with Crippen LogP contribution in [0, 0.1) is 11.8 Å². The molecule has 26 heavy (non-hydrogen) atoms. The monoisotopic (exact) mass is 350 g/mol. The molecule has 2 aliphatic heterocycles. The minimum Gasteiger partial charge on any atom is -0.497 e. The molecule has 2 saturated heterocycles. The number of anilines is 1. The molecular weight excluding hydrogens is 332 g/mol. The van der Waals surface area contributed by atoms with Crippen molar-refractivity contribution in [2.24, 2.45) is 11.8 Å². The highest BCUT2D eigenvalue weighted by Gasteiger charge is 2.42. The van der Waals surface area contributed by atoms with Crippen molar-refractivity contribution in [3.05, 3.63) is 36.7 Å². The van der Waals surface area contributed by atoms with Gasteiger partial charge in [0.1, 0.15) is 12.1 Å². The smallest absolute Gasteiger partial charge is 0.225 e. The first kappa shape index (κ1) is 15.1. The summed E-state index contributed by atoms with van der Waals surface area (Å²) in [5.41, 5.74) is 3.49. The Morgan fingerprint density at radius 2 is 2.08 bits per heavy atom. The molecule has 0 spiro atoms. The van der Waals surface area contributed by atoms with Gasteiger partial charge in [0.05, 0.1) is 24.4 Å². The Kier molecular flexibility index (Phi) is 3.31. The van der Waals surface area contributed by atoms with Crippen LogP contribution in [0.1, 0.15) is 0 Å². The maximum atomic E-state index is 12.0. The van der Waals surface area contributed by atoms with Crippen molar-refractivity contribution >= 4 is 17.2 Å². The summed E-state index contributed by atoms with van der Waals surface area (Å²) >= 11 is 0. The quantitative estimate of drug-likeness (QED) is 0.758. The fourth-order valence-electron chi connectivity index (χ4n) is 3.88. The molecule has 0 radical (unpaired) electrons. The molecule has 1 amide bonds. The highest BCUT2D eigenvalue weighted by Crippen LogP contribution is 2.34. The molecule has 0 saturated carbocycles. The van der Waals surface area contributed by atoms with Crippen molar-refractivity contribution in [1.29, 1.82) is 0 Å². The molecule has 0 unspecified atom stereocenters. The van der Waals surface area contributed by atoms with E-state index >= 15 is 0 Å². The lowest BCUT2D eigenvalue weighted by molar-refractivity contribution is -0.122. The molecule has 4 heterocycles. The van der Waals surface area contributed by atoms with Crippen molar-refractivity contribution in [1.82, 2.24) is 25.1 Å². The highest BCUT2D eigenvalue weighted by atomic mass is 16.5. The van der Waals surface area contributed by atoms with Gasteiger partial charge in [0.15, 0.2) is 0 Å². The van der Waals surface area contributed by atoms with Crippen molar-refractivity contribution in [3.63, 3.8) is 0 Å². The molecule has 3 aromatic rings. The van der Waals surface area contributed by atoms with Crippen molar-refractivity contribution in [3.8, 4) is 17.0 Å². The summed E-state index contributed by atoms with van der Waals surface area (Å²) in [6.07, 6.45) is 1.61. The normalized spacial score (nSPS) is 21.9. The highest BCUT2D eigenvalue weighted by molar-refractivity contribution is 5.84. The maximum Gasteiger partial charge on any atom is 0.225 e. The number of rotatable bonds is 3. The van der Waals surface area contributed by atoms with E-state index in [1.807, 2.05) is 30.3 Å². The van der Waals surface area contributed by atoms with Crippen molar-refractivity contribution in [2.75, 3.05) is 31.6 Å². The lowest BCUT2D eigenvalue weighted by Gasteiger charge is -2.20. The lowest BCUT2D eigenvalue weighted by Crippen LogP contribution is -2.29. The molecule has 1 aromatic carbocycles. The first-order valence-corrected chi connectivity index (χ1v) is 8.61. The number of hydrogen-bond acceptors (Lipinski definition) is 6. The van der Waals surface area contributed by atoms with E-state index in [4.69, 9.17) is 4.74 Å². The predicted octanol–water partition coefficient (Wildman–Crippen LogP) is 0.982. The first-order valence-electron chi connectivity index (χ1n) is 8.61. The molecule has 132 valence electrons. The molecule has 2 aromatic heterocycles. The maximum absolute atomic E-state index is 12.0. The predicted molar refractivity (Wildman–Crippen MR) is 95.0 cm³/mol. The molecule has 0 aliphatic carbocycles. The van der Waals surface area contributed by atoms with Gasteiger partial charge in [0, 0.05) is 31.1 Å². The van der Waals surface area contributed by atoms with Crippen LogP contribution in [-0.4, -0.2) is 52.5 Å². The Balaban J connectivity index is 1.56. The van der Waals surface area contributed by atoms with E-state index in [0.29, 0.717) is 18.1 Å². The third-order valence-corrected chi connectivity index (χ3v) is 5.29. The number of hydrogen-bond donors (Lipinski definition) is 1. The topological polar surface area (TPSA) is 84.6 Å². The minimum absolute atomic E-state index is 0.0515. The van der Waals surface area contributed by atoms with Gasteiger partial charge in [-0.1, -0.05) is 0 Å². The van der Waals surface area contributed by atoms with Crippen LogP contribution in [0.15, 0.2) is 36.7 Å². The summed E-state index contributed by atoms with van der Waals surface area (Å²) in [6.45, 7) is 2.28. The van der Waals surface area contributed by atoms with Crippen molar-refractivity contribution < 1.29 is 9.53 Å². The zero-order valence-corrected chi connectivity index (χ0v) is 14.3. The van der Waals surface area contributed by atoms with E-state index in [1.54, 1.807) is 18.0 Å². The zero-order valence-electron chi connectivity index (χ0n) is 14.3. The number of carbonyl (C=O) groups excluding carboxylic acids is 1. The van der Waals surface area contributed by atoms with E-state index < -0.39 is 0 Å². The van der Waals surface area contributed by atoms with Crippen LogP contribution >= 0.6 is 0 Å². The molecular formula is C18H18N6O2. The number of aromatic nitrogens is 4. The van der Waals surface area contributed by atoms with Crippen LogP contribution in [0.25, 0.3) is 16.9 Å². The second-order valence-electron chi connectivity index (χ2n) is 6.76. The Bertz CT molecular complexity index is 983. The largest absolute Gasteiger partial charge is 0.497 e. The number of fused-ring (bicyclic) bond motifs is 2. The van der Waals surface area contributed by atoms with Crippen LogP contribution in [-0.2, 0) is 4.79 Å². The van der Waals surface area contributed by atoms with Crippen LogP contribution in [0.2, 0.25) is 0 Å². The number of ether oxygens (including phenoxy) is 1. The van der Waals surface area contributed by atoms with E-state index in [0.717, 1.165) is 35.8 Å². The fraction of sp³-hybridized carbons (Fsp3) is 0.333. The second-order valence-corrected chi connectivity index (χ2v) is 6.76. The molecule has 1 N–H and O–H groups in total. The van der Waals surface area contributed by atoms with Crippen LogP contribution in [0.3, 0.4) is 0 Å². The van der Waals surface area contributed by atoms with Gasteiger partial charge in [0.2, 0.25) is 11.6 Å². The number of benzene rings is 1. The van der Waals surface area contributed by atoms with Crippen LogP contribution in [0.4, 0.5) is 5.69 Å². The van der Waals surface area contributed by atoms with Gasteiger partial charge in [0.25, 0.3) is 0 Å². The number of nitrogens with one attached hydrogen (secondary N) is 1. The Labute approximate surface area is 149 Å². The average Bonchev–Trinajstić information content (AvgIpc) is 3.38. The van der Waals surface area contributed by atoms with E-state index in [1.165, 1.54) is 0 Å². The van der Waals surface area contributed by atoms with E-state index in [-0.39, 0.29) is 11.8 Å². The van der Waals surface area contributed by atoms with Gasteiger partial charge in [-0.3, -0.25) is 4.79 Å². The Hall–Kier alpha value is -3.16. The molecule has 5 rings (SSSR count). The van der Waals surface area contributed by atoms with Gasteiger partial charge in [-0.05, 0) is 30.3 Å². The van der Waals surface area contributed by atoms with Gasteiger partial charge >= 0.3 is 0 Å². The van der Waals surface area contributed by atoms with Gasteiger partial charge in [-0.25, -0.2) is 0 Å². The molecule has 2 atom stereocenters. The van der Waals surface area contributed by atoms with E-state index in [9.17, 15) is 4.79 Å². The van der Waals surface area contributed by atoms with Crippen molar-refractivity contribution in [2.45, 2.75) is 0 Å². The van der Waals surface area contributed by atoms with E-state index in [2.05, 4.69) is 25.5 Å². The summed E-state index contributed by atoms with van der Waals surface area (Å²) in [6, 6.07) is 9.82. The van der Waals surface area contributed by atoms with Gasteiger partial charge in [-0.2, -0.15) is 9.61 Å². The number of carbonyl (C=O) groups is 1. The number of amides is 1. The summed E-state index contributed by atoms with van der Waals surface area (Å²) in [4.78, 5) is 14.2. The fourth-order valence-corrected chi connectivity index (χ4v) is 3.88. The molecule has 2 aliphatic rings. The third-order valence-electron chi connectivity index (χ3n) is 5.29. The molecule has 8 heteroatoms. The summed E-state index contributed by atoms with van der Waals surface area (Å²) in [7, 11) is 1.65. The molecule has 8 nitrogen and oxygen atoms in total. The molecule has 2 fully saturated rings. The van der Waals surface area contributed by atoms with Gasteiger partial charge in [-0.15, -0.1) is 10.2 Å². The minimum atomic E-state index is 0.0515. The zero-order chi connectivity index (χ0) is 17.7. The number of nitrogens with zero attached hydrogens (tertiary/aromatic N) is 5. The summed E-state index contributed by atoms with van der Waals surface area (Å²) < 4.78 is 6.93. The first-order chi connectivity index (χ1) is 12.7. The van der Waals surface area contributed by atoms with Crippen LogP contribution in [0.5, 0.6) is 5.75 Å². The standard InChI is InChI=1S/C18H18N6O2/c1-26-13-4-2-11(3-5-13)15-6-16(17-21-20-10-24(17)22-15)23-8-12-7-19-18(25)14(12)9-23/h2-6,10,12,14H,7-9H2,1H3,(H,19,25)/t12-,14+/m0/s1. The van der Waals surface area contributed by atoms with Gasteiger partial charge < -0.3 is 15.0 Å². The third kappa shape index (κ3) is 2.29. The van der Waals surface area contributed by atoms with Crippen LogP contribution < -0.4 is 15.0 Å².